The summed E-state index contributed by atoms with van der Waals surface area (Å²) >= 11 is 0. The van der Waals surface area contributed by atoms with Crippen molar-refractivity contribution in [3.05, 3.63) is 28.7 Å². The van der Waals surface area contributed by atoms with E-state index in [1.54, 1.807) is 18.2 Å². The summed E-state index contributed by atoms with van der Waals surface area (Å²) in [6, 6.07) is 0. The second-order valence-corrected chi connectivity index (χ2v) is 4.54. The summed E-state index contributed by atoms with van der Waals surface area (Å²) in [4.78, 5) is 23.1. The van der Waals surface area contributed by atoms with Crippen LogP contribution in [0.4, 0.5) is 0 Å². The maximum atomic E-state index is 12.1. The molecule has 82 valence electrons. The zero-order valence-electron chi connectivity index (χ0n) is 9.65. The molecule has 0 amide bonds. The van der Waals surface area contributed by atoms with Crippen LogP contribution in [-0.2, 0) is 4.79 Å². The van der Waals surface area contributed by atoms with Crippen molar-refractivity contribution in [3.63, 3.8) is 0 Å². The first kappa shape index (κ1) is 11.8. The Hall–Kier alpha value is -1.25. The molecule has 0 heterocycles. The first-order valence-electron chi connectivity index (χ1n) is 5.24. The lowest BCUT2D eigenvalue weighted by atomic mass is 9.75. The van der Waals surface area contributed by atoms with Crippen molar-refractivity contribution in [2.45, 2.75) is 33.2 Å². The highest BCUT2D eigenvalue weighted by molar-refractivity contribution is 6.06. The lowest BCUT2D eigenvalue weighted by Gasteiger charge is -2.29. The van der Waals surface area contributed by atoms with Gasteiger partial charge in [-0.15, -0.1) is 4.91 Å². The van der Waals surface area contributed by atoms with Gasteiger partial charge in [-0.25, -0.2) is 0 Å². The molecule has 0 bridgehead atoms. The van der Waals surface area contributed by atoms with Crippen molar-refractivity contribution in [2.75, 3.05) is 0 Å². The lowest BCUT2D eigenvalue weighted by molar-refractivity contribution is -0.120. The van der Waals surface area contributed by atoms with E-state index in [9.17, 15) is 9.70 Å². The van der Waals surface area contributed by atoms with Crippen LogP contribution >= 0.6 is 0 Å². The van der Waals surface area contributed by atoms with E-state index in [1.165, 1.54) is 0 Å². The molecule has 0 fully saturated rings. The van der Waals surface area contributed by atoms with Crippen molar-refractivity contribution in [1.82, 2.24) is 0 Å². The number of allylic oxidation sites excluding steroid dienone is 2. The van der Waals surface area contributed by atoms with Gasteiger partial charge in [-0.3, -0.25) is 4.79 Å². The van der Waals surface area contributed by atoms with Crippen LogP contribution in [0.15, 0.2) is 29.0 Å². The molecule has 0 N–H and O–H groups in total. The fourth-order valence-electron chi connectivity index (χ4n) is 1.77. The van der Waals surface area contributed by atoms with E-state index in [-0.39, 0.29) is 17.6 Å². The van der Waals surface area contributed by atoms with Crippen LogP contribution in [-0.4, -0.2) is 11.3 Å². The summed E-state index contributed by atoms with van der Waals surface area (Å²) < 4.78 is 0. The van der Waals surface area contributed by atoms with Gasteiger partial charge < -0.3 is 0 Å². The fraction of sp³-hybridized carbons (Fsp3) is 0.583. The normalized spacial score (nSPS) is 26.0. The van der Waals surface area contributed by atoms with Crippen LogP contribution in [0, 0.1) is 16.7 Å². The number of hydrogen-bond acceptors (Lipinski definition) is 3. The summed E-state index contributed by atoms with van der Waals surface area (Å²) in [6.07, 6.45) is 5.15. The summed E-state index contributed by atoms with van der Waals surface area (Å²) in [7, 11) is 0. The minimum absolute atomic E-state index is 0.110. The molecular formula is C12H17NO2. The number of rotatable bonds is 3. The van der Waals surface area contributed by atoms with Gasteiger partial charge in [0.15, 0.2) is 11.3 Å². The Morgan fingerprint density at radius 1 is 1.27 bits per heavy atom. The van der Waals surface area contributed by atoms with E-state index in [2.05, 4.69) is 5.18 Å². The number of nitroso groups, excluding NO2 is 1. The largest absolute Gasteiger partial charge is 0.291 e. The molecule has 1 atom stereocenters. The summed E-state index contributed by atoms with van der Waals surface area (Å²) in [5.41, 5.74) is -0.500. The summed E-state index contributed by atoms with van der Waals surface area (Å²) in [5, 5.41) is 3.06. The number of nitrogens with zero attached hydrogens (tertiary/aromatic N) is 1. The molecule has 1 aliphatic carbocycles. The van der Waals surface area contributed by atoms with E-state index < -0.39 is 5.54 Å². The zero-order chi connectivity index (χ0) is 11.6. The van der Waals surface area contributed by atoms with Crippen LogP contribution in [0.25, 0.3) is 0 Å². The third kappa shape index (κ3) is 1.78. The van der Waals surface area contributed by atoms with E-state index in [1.807, 2.05) is 27.7 Å². The highest BCUT2D eigenvalue weighted by Gasteiger charge is 2.44. The van der Waals surface area contributed by atoms with E-state index in [0.717, 1.165) is 0 Å². The Morgan fingerprint density at radius 2 is 1.87 bits per heavy atom. The molecule has 0 aromatic carbocycles. The van der Waals surface area contributed by atoms with Crippen LogP contribution in [0.2, 0.25) is 0 Å². The maximum Gasteiger partial charge on any atom is 0.194 e. The second kappa shape index (κ2) is 4.09. The molecule has 0 aliphatic heterocycles. The smallest absolute Gasteiger partial charge is 0.194 e. The molecule has 3 heteroatoms. The van der Waals surface area contributed by atoms with Crippen molar-refractivity contribution in [2.24, 2.45) is 17.0 Å². The molecular weight excluding hydrogens is 190 g/mol. The Kier molecular flexibility index (Phi) is 3.22. The monoisotopic (exact) mass is 207 g/mol. The Bertz CT molecular complexity index is 340. The van der Waals surface area contributed by atoms with Gasteiger partial charge in [0, 0.05) is 5.57 Å². The number of carbonyl (C=O) groups is 1. The van der Waals surface area contributed by atoms with Gasteiger partial charge in [0.25, 0.3) is 0 Å². The molecule has 0 aromatic rings. The van der Waals surface area contributed by atoms with Crippen molar-refractivity contribution < 1.29 is 4.79 Å². The second-order valence-electron chi connectivity index (χ2n) is 4.54. The van der Waals surface area contributed by atoms with Gasteiger partial charge in [-0.05, 0) is 17.9 Å². The van der Waals surface area contributed by atoms with Crippen molar-refractivity contribution >= 4 is 5.78 Å². The molecule has 0 aromatic heterocycles. The van der Waals surface area contributed by atoms with Gasteiger partial charge in [0.2, 0.25) is 0 Å². The molecule has 3 nitrogen and oxygen atoms in total. The third-order valence-electron chi connectivity index (χ3n) is 2.91. The van der Waals surface area contributed by atoms with Crippen molar-refractivity contribution in [1.29, 1.82) is 0 Å². The molecule has 0 saturated heterocycles. The maximum absolute atomic E-state index is 12.1. The van der Waals surface area contributed by atoms with Crippen LogP contribution in [0.3, 0.4) is 0 Å². The number of Topliss-reactive ketones (excluding diaryl/α,β-unsaturated/α-hetero) is 1. The van der Waals surface area contributed by atoms with E-state index >= 15 is 0 Å². The van der Waals surface area contributed by atoms with E-state index in [4.69, 9.17) is 0 Å². The Morgan fingerprint density at radius 3 is 2.27 bits per heavy atom. The Labute approximate surface area is 90.2 Å². The van der Waals surface area contributed by atoms with E-state index in [0.29, 0.717) is 5.57 Å². The van der Waals surface area contributed by atoms with Gasteiger partial charge in [0.05, 0.1) is 0 Å². The Balaban J connectivity index is 3.18. The topological polar surface area (TPSA) is 46.5 Å². The van der Waals surface area contributed by atoms with Crippen LogP contribution < -0.4 is 0 Å². The summed E-state index contributed by atoms with van der Waals surface area (Å²) in [6.45, 7) is 7.57. The zero-order valence-corrected chi connectivity index (χ0v) is 9.65. The molecule has 1 rings (SSSR count). The third-order valence-corrected chi connectivity index (χ3v) is 2.91. The average Bonchev–Trinajstić information content (AvgIpc) is 2.17. The minimum Gasteiger partial charge on any atom is -0.291 e. The van der Waals surface area contributed by atoms with Gasteiger partial charge in [-0.2, -0.15) is 0 Å². The first-order chi connectivity index (χ1) is 6.95. The SMILES string of the molecule is CC(C)C1=CC=CC(N=O)(C(C)C)C1=O. The first-order valence-corrected chi connectivity index (χ1v) is 5.24. The van der Waals surface area contributed by atoms with Crippen molar-refractivity contribution in [3.8, 4) is 0 Å². The fourth-order valence-corrected chi connectivity index (χ4v) is 1.77. The molecule has 15 heavy (non-hydrogen) atoms. The number of hydrogen-bond donors (Lipinski definition) is 0. The highest BCUT2D eigenvalue weighted by atomic mass is 16.3. The quantitative estimate of drug-likeness (QED) is 0.668. The molecule has 0 radical (unpaired) electrons. The van der Waals surface area contributed by atoms with Crippen LogP contribution in [0.1, 0.15) is 27.7 Å². The molecule has 0 spiro atoms. The van der Waals surface area contributed by atoms with Gasteiger partial charge in [-0.1, -0.05) is 45.0 Å². The van der Waals surface area contributed by atoms with Gasteiger partial charge in [0.1, 0.15) is 0 Å². The van der Waals surface area contributed by atoms with Crippen LogP contribution in [0.5, 0.6) is 0 Å². The predicted octanol–water partition coefficient (Wildman–Crippen LogP) is 2.87. The molecule has 0 saturated carbocycles. The standard InChI is InChI=1S/C12H17NO2/c1-8(2)10-6-5-7-12(13-15,9(3)4)11(10)14/h5-9H,1-4H3. The molecule has 1 aliphatic rings. The molecule has 1 unspecified atom stereocenters. The number of carbonyl (C=O) groups excluding carboxylic acids is 1. The average molecular weight is 207 g/mol. The minimum atomic E-state index is -1.19. The summed E-state index contributed by atoms with van der Waals surface area (Å²) in [5.74, 6) is -0.131. The number of ketones is 1. The van der Waals surface area contributed by atoms with Gasteiger partial charge >= 0.3 is 0 Å². The lowest BCUT2D eigenvalue weighted by Crippen LogP contribution is -2.42. The highest BCUT2D eigenvalue weighted by Crippen LogP contribution is 2.33. The predicted molar refractivity (Wildman–Crippen MR) is 60.4 cm³/mol.